The molecular weight excluding hydrogens is 248 g/mol. The molecule has 1 atom stereocenters. The van der Waals surface area contributed by atoms with Crippen molar-refractivity contribution in [2.24, 2.45) is 4.99 Å². The van der Waals surface area contributed by atoms with Gasteiger partial charge in [0.25, 0.3) is 0 Å². The van der Waals surface area contributed by atoms with Crippen LogP contribution < -0.4 is 5.32 Å². The number of amidine groups is 1. The molecule has 1 N–H and O–H groups in total. The van der Waals surface area contributed by atoms with E-state index in [9.17, 15) is 0 Å². The summed E-state index contributed by atoms with van der Waals surface area (Å²) >= 11 is 3.64. The Labute approximate surface area is 112 Å². The molecule has 0 saturated heterocycles. The topological polar surface area (TPSA) is 24.4 Å². The lowest BCUT2D eigenvalue weighted by atomic mass is 10.2. The van der Waals surface area contributed by atoms with Crippen LogP contribution in [0, 0.1) is 0 Å². The molecule has 2 nitrogen and oxygen atoms in total. The number of hydrogen-bond acceptors (Lipinski definition) is 4. The summed E-state index contributed by atoms with van der Waals surface area (Å²) in [4.78, 5) is 5.83. The number of thioether (sulfide) groups is 2. The monoisotopic (exact) mass is 266 g/mol. The van der Waals surface area contributed by atoms with Crippen molar-refractivity contribution in [2.75, 3.05) is 18.1 Å². The van der Waals surface area contributed by atoms with Crippen LogP contribution in [0.4, 0.5) is 5.69 Å². The predicted molar refractivity (Wildman–Crippen MR) is 80.4 cm³/mol. The molecule has 0 aromatic heterocycles. The normalized spacial score (nSPS) is 19.2. The Morgan fingerprint density at radius 1 is 1.53 bits per heavy atom. The predicted octanol–water partition coefficient (Wildman–Crippen LogP) is 4.09. The highest BCUT2D eigenvalue weighted by molar-refractivity contribution is 8.15. The van der Waals surface area contributed by atoms with Crippen molar-refractivity contribution in [2.45, 2.75) is 29.9 Å². The minimum atomic E-state index is 0.672. The van der Waals surface area contributed by atoms with Crippen LogP contribution in [0.5, 0.6) is 0 Å². The number of benzene rings is 1. The Balaban J connectivity index is 1.93. The molecule has 2 rings (SSSR count). The van der Waals surface area contributed by atoms with Crippen molar-refractivity contribution in [3.63, 3.8) is 0 Å². The maximum Gasteiger partial charge on any atom is 0.161 e. The van der Waals surface area contributed by atoms with Gasteiger partial charge in [-0.2, -0.15) is 0 Å². The van der Waals surface area contributed by atoms with Gasteiger partial charge in [-0.1, -0.05) is 31.2 Å². The fourth-order valence-electron chi connectivity index (χ4n) is 1.78. The number of aliphatic imine (C=N–C) groups is 1. The number of nitrogens with zero attached hydrogens (tertiary/aromatic N) is 1. The van der Waals surface area contributed by atoms with Gasteiger partial charge in [-0.05, 0) is 30.9 Å². The SMILES string of the molecule is CCCC1CN=C(Nc2cccc(SC)c2)S1. The minimum absolute atomic E-state index is 0.672. The fraction of sp³-hybridized carbons (Fsp3) is 0.462. The van der Waals surface area contributed by atoms with Crippen LogP contribution in [0.15, 0.2) is 34.2 Å². The van der Waals surface area contributed by atoms with Crippen molar-refractivity contribution in [1.29, 1.82) is 0 Å². The summed E-state index contributed by atoms with van der Waals surface area (Å²) in [6.07, 6.45) is 4.59. The van der Waals surface area contributed by atoms with E-state index in [1.807, 2.05) is 11.8 Å². The van der Waals surface area contributed by atoms with Gasteiger partial charge < -0.3 is 5.32 Å². The van der Waals surface area contributed by atoms with Crippen LogP contribution in [-0.2, 0) is 0 Å². The molecule has 1 unspecified atom stereocenters. The summed E-state index contributed by atoms with van der Waals surface area (Å²) in [6.45, 7) is 3.19. The lowest BCUT2D eigenvalue weighted by molar-refractivity contribution is 0.754. The van der Waals surface area contributed by atoms with Crippen molar-refractivity contribution >= 4 is 34.4 Å². The van der Waals surface area contributed by atoms with E-state index in [2.05, 4.69) is 47.8 Å². The molecule has 4 heteroatoms. The quantitative estimate of drug-likeness (QED) is 0.831. The van der Waals surface area contributed by atoms with E-state index in [-0.39, 0.29) is 0 Å². The summed E-state index contributed by atoms with van der Waals surface area (Å²) < 4.78 is 0. The summed E-state index contributed by atoms with van der Waals surface area (Å²) in [5.41, 5.74) is 1.14. The Bertz CT molecular complexity index is 404. The maximum absolute atomic E-state index is 4.55. The second-order valence-corrected chi connectivity index (χ2v) is 6.20. The van der Waals surface area contributed by atoms with Gasteiger partial charge in [0.05, 0.1) is 6.54 Å². The molecule has 92 valence electrons. The van der Waals surface area contributed by atoms with Crippen LogP contribution >= 0.6 is 23.5 Å². The number of hydrogen-bond donors (Lipinski definition) is 1. The molecular formula is C13H18N2S2. The Morgan fingerprint density at radius 2 is 2.41 bits per heavy atom. The highest BCUT2D eigenvalue weighted by Crippen LogP contribution is 2.26. The second kappa shape index (κ2) is 6.36. The van der Waals surface area contributed by atoms with Crippen molar-refractivity contribution in [1.82, 2.24) is 0 Å². The molecule has 1 aromatic carbocycles. The van der Waals surface area contributed by atoms with Gasteiger partial charge in [0.2, 0.25) is 0 Å². The van der Waals surface area contributed by atoms with Gasteiger partial charge in [0.15, 0.2) is 5.17 Å². The van der Waals surface area contributed by atoms with Crippen LogP contribution in [0.3, 0.4) is 0 Å². The summed E-state index contributed by atoms with van der Waals surface area (Å²) in [5.74, 6) is 0. The van der Waals surface area contributed by atoms with Crippen molar-refractivity contribution in [3.8, 4) is 0 Å². The number of anilines is 1. The lowest BCUT2D eigenvalue weighted by Crippen LogP contribution is -2.07. The van der Waals surface area contributed by atoms with E-state index in [4.69, 9.17) is 0 Å². The zero-order valence-electron chi connectivity index (χ0n) is 10.3. The Kier molecular flexibility index (Phi) is 4.80. The summed E-state index contributed by atoms with van der Waals surface area (Å²) in [7, 11) is 0. The molecule has 0 spiro atoms. The third kappa shape index (κ3) is 3.68. The molecule has 1 heterocycles. The second-order valence-electron chi connectivity index (χ2n) is 4.03. The maximum atomic E-state index is 4.55. The van der Waals surface area contributed by atoms with Crippen LogP contribution in [0.2, 0.25) is 0 Å². The summed E-state index contributed by atoms with van der Waals surface area (Å²) in [5, 5.41) is 5.15. The van der Waals surface area contributed by atoms with E-state index in [0.29, 0.717) is 5.25 Å². The molecule has 0 radical (unpaired) electrons. The van der Waals surface area contributed by atoms with E-state index in [1.165, 1.54) is 17.7 Å². The van der Waals surface area contributed by atoms with Crippen LogP contribution in [0.1, 0.15) is 19.8 Å². The third-order valence-electron chi connectivity index (χ3n) is 2.65. The largest absolute Gasteiger partial charge is 0.335 e. The van der Waals surface area contributed by atoms with Gasteiger partial charge in [0.1, 0.15) is 0 Å². The molecule has 17 heavy (non-hydrogen) atoms. The van der Waals surface area contributed by atoms with Gasteiger partial charge in [-0.3, -0.25) is 4.99 Å². The Hall–Kier alpha value is -0.610. The van der Waals surface area contributed by atoms with E-state index >= 15 is 0 Å². The van der Waals surface area contributed by atoms with Crippen LogP contribution in [0.25, 0.3) is 0 Å². The molecule has 1 aromatic rings. The van der Waals surface area contributed by atoms with Gasteiger partial charge in [-0.15, -0.1) is 11.8 Å². The molecule has 1 aliphatic rings. The zero-order chi connectivity index (χ0) is 12.1. The standard InChI is InChI=1S/C13H18N2S2/c1-3-5-12-9-14-13(17-12)15-10-6-4-7-11(8-10)16-2/h4,6-8,12H,3,5,9H2,1-2H3,(H,14,15). The molecule has 0 aliphatic carbocycles. The molecule has 1 aliphatic heterocycles. The summed E-state index contributed by atoms with van der Waals surface area (Å²) in [6, 6.07) is 8.47. The van der Waals surface area contributed by atoms with E-state index in [0.717, 1.165) is 17.4 Å². The van der Waals surface area contributed by atoms with E-state index < -0.39 is 0 Å². The molecule has 0 saturated carbocycles. The smallest absolute Gasteiger partial charge is 0.161 e. The average molecular weight is 266 g/mol. The lowest BCUT2D eigenvalue weighted by Gasteiger charge is -2.08. The first-order valence-electron chi connectivity index (χ1n) is 5.94. The van der Waals surface area contributed by atoms with Crippen molar-refractivity contribution < 1.29 is 0 Å². The van der Waals surface area contributed by atoms with Gasteiger partial charge >= 0.3 is 0 Å². The highest BCUT2D eigenvalue weighted by atomic mass is 32.2. The molecule has 0 fully saturated rings. The third-order valence-corrected chi connectivity index (χ3v) is 4.55. The average Bonchev–Trinajstić information content (AvgIpc) is 2.77. The number of nitrogens with one attached hydrogen (secondary N) is 1. The van der Waals surface area contributed by atoms with E-state index in [1.54, 1.807) is 11.8 Å². The van der Waals surface area contributed by atoms with Gasteiger partial charge in [0, 0.05) is 15.8 Å². The first-order valence-corrected chi connectivity index (χ1v) is 8.04. The Morgan fingerprint density at radius 3 is 3.18 bits per heavy atom. The van der Waals surface area contributed by atoms with Crippen molar-refractivity contribution in [3.05, 3.63) is 24.3 Å². The first kappa shape index (κ1) is 12.8. The van der Waals surface area contributed by atoms with Crippen LogP contribution in [-0.4, -0.2) is 23.2 Å². The first-order chi connectivity index (χ1) is 8.31. The number of rotatable bonds is 4. The fourth-order valence-corrected chi connectivity index (χ4v) is 3.39. The zero-order valence-corrected chi connectivity index (χ0v) is 11.9. The molecule has 0 bridgehead atoms. The highest BCUT2D eigenvalue weighted by Gasteiger charge is 2.18. The van der Waals surface area contributed by atoms with Gasteiger partial charge in [-0.25, -0.2) is 0 Å². The molecule has 0 amide bonds. The minimum Gasteiger partial charge on any atom is -0.335 e.